The van der Waals surface area contributed by atoms with E-state index >= 15 is 0 Å². The monoisotopic (exact) mass is 524 g/mol. The van der Waals surface area contributed by atoms with E-state index in [2.05, 4.69) is 10.4 Å². The Kier molecular flexibility index (Phi) is 7.78. The topological polar surface area (TPSA) is 85.7 Å². The lowest BCUT2D eigenvalue weighted by Gasteiger charge is -2.34. The Morgan fingerprint density at radius 3 is 2.38 bits per heavy atom. The molecule has 3 aromatic rings. The van der Waals surface area contributed by atoms with Crippen molar-refractivity contribution >= 4 is 29.3 Å². The molecule has 1 fully saturated rings. The van der Waals surface area contributed by atoms with Gasteiger partial charge in [-0.15, -0.1) is 0 Å². The fourth-order valence-corrected chi connectivity index (χ4v) is 4.62. The van der Waals surface area contributed by atoms with Crippen LogP contribution in [0.1, 0.15) is 61.1 Å². The number of likely N-dealkylation sites (tertiary alicyclic amines) is 1. The van der Waals surface area contributed by atoms with E-state index in [1.54, 1.807) is 30.3 Å². The summed E-state index contributed by atoms with van der Waals surface area (Å²) < 4.78 is 12.7. The zero-order valence-electron chi connectivity index (χ0n) is 21.9. The number of methoxy groups -OCH3 is 1. The quantitative estimate of drug-likeness (QED) is 0.429. The number of piperidine rings is 1. The number of hydrogen-bond acceptors (Lipinski definition) is 5. The first-order valence-corrected chi connectivity index (χ1v) is 12.7. The molecule has 1 N–H and O–H groups in total. The molecule has 37 heavy (non-hydrogen) atoms. The number of nitrogens with one attached hydrogen (secondary N) is 1. The average molecular weight is 525 g/mol. The molecule has 0 bridgehead atoms. The summed E-state index contributed by atoms with van der Waals surface area (Å²) in [5.41, 5.74) is 3.03. The van der Waals surface area contributed by atoms with Crippen LogP contribution in [0.4, 0.5) is 10.5 Å². The van der Waals surface area contributed by atoms with Gasteiger partial charge >= 0.3 is 6.09 Å². The summed E-state index contributed by atoms with van der Waals surface area (Å²) in [6, 6.07) is 13.0. The largest absolute Gasteiger partial charge is 0.497 e. The van der Waals surface area contributed by atoms with E-state index in [-0.39, 0.29) is 17.9 Å². The van der Waals surface area contributed by atoms with Crippen LogP contribution in [0, 0.1) is 6.92 Å². The predicted octanol–water partition coefficient (Wildman–Crippen LogP) is 6.21. The molecule has 1 aromatic heterocycles. The normalized spacial score (nSPS) is 14.4. The molecule has 0 spiro atoms. The van der Waals surface area contributed by atoms with E-state index in [9.17, 15) is 9.59 Å². The molecule has 1 aliphatic rings. The minimum atomic E-state index is -0.551. The van der Waals surface area contributed by atoms with E-state index in [0.717, 1.165) is 22.7 Å². The Morgan fingerprint density at radius 1 is 1.08 bits per heavy atom. The molecule has 0 saturated carbocycles. The van der Waals surface area contributed by atoms with Crippen molar-refractivity contribution < 1.29 is 19.1 Å². The van der Waals surface area contributed by atoms with Crippen LogP contribution in [0.5, 0.6) is 5.75 Å². The van der Waals surface area contributed by atoms with Crippen LogP contribution in [-0.2, 0) is 4.74 Å². The maximum Gasteiger partial charge on any atom is 0.410 e. The van der Waals surface area contributed by atoms with E-state index in [0.29, 0.717) is 42.2 Å². The van der Waals surface area contributed by atoms with Gasteiger partial charge in [0.15, 0.2) is 0 Å². The maximum atomic E-state index is 13.5. The highest BCUT2D eigenvalue weighted by Crippen LogP contribution is 2.34. The zero-order valence-corrected chi connectivity index (χ0v) is 22.6. The molecule has 0 unspecified atom stereocenters. The molecule has 1 saturated heterocycles. The summed E-state index contributed by atoms with van der Waals surface area (Å²) in [5, 5.41) is 8.19. The summed E-state index contributed by atoms with van der Waals surface area (Å²) in [7, 11) is 1.62. The minimum absolute atomic E-state index is 0.0181. The number of anilines is 1. The van der Waals surface area contributed by atoms with Gasteiger partial charge in [0.25, 0.3) is 5.91 Å². The second kappa shape index (κ2) is 10.8. The zero-order chi connectivity index (χ0) is 26.7. The van der Waals surface area contributed by atoms with Gasteiger partial charge in [0.05, 0.1) is 30.3 Å². The molecule has 2 aromatic carbocycles. The molecule has 0 radical (unpaired) electrons. The second-order valence-corrected chi connectivity index (χ2v) is 10.6. The van der Waals surface area contributed by atoms with Crippen molar-refractivity contribution in [2.24, 2.45) is 0 Å². The summed E-state index contributed by atoms with van der Waals surface area (Å²) in [6.45, 7) is 8.50. The van der Waals surface area contributed by atoms with Gasteiger partial charge in [0, 0.05) is 29.7 Å². The first-order chi connectivity index (χ1) is 17.6. The number of carbonyl (C=O) groups excluding carboxylic acids is 2. The molecule has 4 rings (SSSR count). The fraction of sp³-hybridized carbons (Fsp3) is 0.393. The number of rotatable bonds is 5. The smallest absolute Gasteiger partial charge is 0.410 e. The number of hydrogen-bond donors (Lipinski definition) is 1. The lowest BCUT2D eigenvalue weighted by molar-refractivity contribution is 0.0203. The molecule has 9 heteroatoms. The van der Waals surface area contributed by atoms with Crippen molar-refractivity contribution in [3.05, 3.63) is 70.5 Å². The summed E-state index contributed by atoms with van der Waals surface area (Å²) in [6.07, 6.45) is 2.65. The Labute approximate surface area is 222 Å². The molecule has 2 amide bonds. The number of ether oxygens (including phenoxy) is 2. The van der Waals surface area contributed by atoms with Crippen LogP contribution in [0.2, 0.25) is 5.02 Å². The molecule has 2 heterocycles. The van der Waals surface area contributed by atoms with Gasteiger partial charge < -0.3 is 19.7 Å². The van der Waals surface area contributed by atoms with Gasteiger partial charge in [-0.1, -0.05) is 17.7 Å². The van der Waals surface area contributed by atoms with Crippen molar-refractivity contribution in [3.63, 3.8) is 0 Å². The van der Waals surface area contributed by atoms with Gasteiger partial charge in [0.1, 0.15) is 11.4 Å². The van der Waals surface area contributed by atoms with Crippen LogP contribution < -0.4 is 10.1 Å². The molecule has 8 nitrogen and oxygen atoms in total. The van der Waals surface area contributed by atoms with Gasteiger partial charge in [0.2, 0.25) is 0 Å². The van der Waals surface area contributed by atoms with Crippen LogP contribution in [0.3, 0.4) is 0 Å². The average Bonchev–Trinajstić information content (AvgIpc) is 3.31. The standard InChI is InChI=1S/C28H33ClN4O4/c1-18-23(29)7-6-8-24(18)31-26(34)22-17-30-33(20-9-11-21(36-5)12-10-20)25(22)19-13-15-32(16-14-19)27(35)37-28(2,3)4/h6-12,17,19H,13-16H2,1-5H3,(H,31,34). The van der Waals surface area contributed by atoms with E-state index in [1.807, 2.05) is 62.7 Å². The van der Waals surface area contributed by atoms with Gasteiger partial charge in [-0.25, -0.2) is 9.48 Å². The van der Waals surface area contributed by atoms with Gasteiger partial charge in [-0.2, -0.15) is 5.10 Å². The minimum Gasteiger partial charge on any atom is -0.497 e. The lowest BCUT2D eigenvalue weighted by Crippen LogP contribution is -2.41. The molecule has 196 valence electrons. The van der Waals surface area contributed by atoms with Crippen LogP contribution >= 0.6 is 11.6 Å². The predicted molar refractivity (Wildman–Crippen MR) is 144 cm³/mol. The third-order valence-corrected chi connectivity index (χ3v) is 6.83. The van der Waals surface area contributed by atoms with Crippen LogP contribution in [0.25, 0.3) is 5.69 Å². The highest BCUT2D eigenvalue weighted by atomic mass is 35.5. The van der Waals surface area contributed by atoms with Gasteiger partial charge in [-0.3, -0.25) is 4.79 Å². The second-order valence-electron chi connectivity index (χ2n) is 10.2. The highest BCUT2D eigenvalue weighted by molar-refractivity contribution is 6.31. The third-order valence-electron chi connectivity index (χ3n) is 6.42. The van der Waals surface area contributed by atoms with E-state index < -0.39 is 5.60 Å². The summed E-state index contributed by atoms with van der Waals surface area (Å²) in [4.78, 5) is 27.8. The lowest BCUT2D eigenvalue weighted by atomic mass is 9.90. The molecule has 0 atom stereocenters. The number of carbonyl (C=O) groups is 2. The van der Waals surface area contributed by atoms with Crippen molar-refractivity contribution in [2.45, 2.75) is 52.1 Å². The summed E-state index contributed by atoms with van der Waals surface area (Å²) in [5.74, 6) is 0.497. The highest BCUT2D eigenvalue weighted by Gasteiger charge is 2.32. The Bertz CT molecular complexity index is 1270. The van der Waals surface area contributed by atoms with Crippen molar-refractivity contribution in [1.82, 2.24) is 14.7 Å². The number of aromatic nitrogens is 2. The van der Waals surface area contributed by atoms with Crippen LogP contribution in [-0.4, -0.2) is 52.5 Å². The van der Waals surface area contributed by atoms with Crippen molar-refractivity contribution in [1.29, 1.82) is 0 Å². The van der Waals surface area contributed by atoms with Crippen LogP contribution in [0.15, 0.2) is 48.7 Å². The Hall–Kier alpha value is -3.52. The van der Waals surface area contributed by atoms with Crippen molar-refractivity contribution in [2.75, 3.05) is 25.5 Å². The Morgan fingerprint density at radius 2 is 1.76 bits per heavy atom. The molecule has 1 aliphatic heterocycles. The molecular formula is C28H33ClN4O4. The van der Waals surface area contributed by atoms with Gasteiger partial charge in [-0.05, 0) is 82.5 Å². The summed E-state index contributed by atoms with van der Waals surface area (Å²) >= 11 is 6.26. The number of benzene rings is 2. The first-order valence-electron chi connectivity index (χ1n) is 12.3. The third kappa shape index (κ3) is 6.07. The maximum absolute atomic E-state index is 13.5. The molecular weight excluding hydrogens is 492 g/mol. The number of nitrogens with zero attached hydrogens (tertiary/aromatic N) is 3. The fourth-order valence-electron chi connectivity index (χ4n) is 4.45. The van der Waals surface area contributed by atoms with E-state index in [1.165, 1.54) is 0 Å². The van der Waals surface area contributed by atoms with E-state index in [4.69, 9.17) is 21.1 Å². The van der Waals surface area contributed by atoms with Crippen molar-refractivity contribution in [3.8, 4) is 11.4 Å². The molecule has 0 aliphatic carbocycles. The Balaban J connectivity index is 1.64. The first kappa shape index (κ1) is 26.5. The SMILES string of the molecule is COc1ccc(-n2ncc(C(=O)Nc3cccc(Cl)c3C)c2C2CCN(C(=O)OC(C)(C)C)CC2)cc1. The number of amides is 2. The number of halogens is 1.